The van der Waals surface area contributed by atoms with Gasteiger partial charge in [0, 0.05) is 12.6 Å². The van der Waals surface area contributed by atoms with Crippen LogP contribution in [0.4, 0.5) is 0 Å². The average molecular weight is 237 g/mol. The number of nitrogens with one attached hydrogen (secondary N) is 1. The third kappa shape index (κ3) is 3.90. The number of hydrogen-bond donors (Lipinski definition) is 2. The van der Waals surface area contributed by atoms with E-state index in [9.17, 15) is 0 Å². The molecule has 0 aromatic heterocycles. The van der Waals surface area contributed by atoms with E-state index >= 15 is 0 Å². The van der Waals surface area contributed by atoms with Crippen LogP contribution in [0, 0.1) is 11.8 Å². The Morgan fingerprint density at radius 3 is 2.53 bits per heavy atom. The first kappa shape index (κ1) is 12.7. The fourth-order valence-corrected chi connectivity index (χ4v) is 3.21. The lowest BCUT2D eigenvalue weighted by Crippen LogP contribution is -2.41. The number of nitrogens with zero attached hydrogens (tertiary/aromatic N) is 1. The fraction of sp³-hybridized carbons (Fsp3) is 0.929. The van der Waals surface area contributed by atoms with Gasteiger partial charge in [-0.25, -0.2) is 0 Å². The molecule has 0 aromatic rings. The van der Waals surface area contributed by atoms with Crippen molar-refractivity contribution in [3.8, 4) is 0 Å². The predicted molar refractivity (Wildman–Crippen MR) is 73.0 cm³/mol. The zero-order chi connectivity index (χ0) is 12.1. The second-order valence-corrected chi connectivity index (χ2v) is 5.87. The van der Waals surface area contributed by atoms with Crippen molar-refractivity contribution in [1.29, 1.82) is 0 Å². The van der Waals surface area contributed by atoms with E-state index in [1.54, 1.807) is 0 Å². The summed E-state index contributed by atoms with van der Waals surface area (Å²) in [6.45, 7) is 3.27. The molecule has 2 rings (SSSR count). The lowest BCUT2D eigenvalue weighted by molar-refractivity contribution is 0.408. The Labute approximate surface area is 105 Å². The van der Waals surface area contributed by atoms with Gasteiger partial charge in [0.25, 0.3) is 0 Å². The molecule has 2 aliphatic carbocycles. The minimum atomic E-state index is 0.577. The lowest BCUT2D eigenvalue weighted by Gasteiger charge is -2.23. The highest BCUT2D eigenvalue weighted by atomic mass is 15.1. The van der Waals surface area contributed by atoms with Crippen LogP contribution in [0.1, 0.15) is 58.3 Å². The van der Waals surface area contributed by atoms with E-state index in [1.165, 1.54) is 51.4 Å². The quantitative estimate of drug-likeness (QED) is 0.585. The van der Waals surface area contributed by atoms with Crippen LogP contribution >= 0.6 is 0 Å². The van der Waals surface area contributed by atoms with E-state index < -0.39 is 0 Å². The van der Waals surface area contributed by atoms with E-state index in [2.05, 4.69) is 17.2 Å². The van der Waals surface area contributed by atoms with Crippen LogP contribution in [0.5, 0.6) is 0 Å². The summed E-state index contributed by atoms with van der Waals surface area (Å²) in [6.07, 6.45) is 10.7. The first-order chi connectivity index (χ1) is 8.25. The zero-order valence-electron chi connectivity index (χ0n) is 11.1. The van der Waals surface area contributed by atoms with Crippen LogP contribution in [-0.4, -0.2) is 18.5 Å². The molecule has 0 saturated heterocycles. The Morgan fingerprint density at radius 1 is 1.12 bits per heavy atom. The van der Waals surface area contributed by atoms with Crippen molar-refractivity contribution in [1.82, 2.24) is 5.32 Å². The van der Waals surface area contributed by atoms with Crippen molar-refractivity contribution in [2.75, 3.05) is 6.54 Å². The van der Waals surface area contributed by atoms with Crippen LogP contribution in [0.15, 0.2) is 4.99 Å². The van der Waals surface area contributed by atoms with Crippen molar-refractivity contribution in [2.24, 2.45) is 22.6 Å². The van der Waals surface area contributed by atoms with Crippen molar-refractivity contribution < 1.29 is 0 Å². The molecule has 2 saturated carbocycles. The van der Waals surface area contributed by atoms with E-state index in [0.29, 0.717) is 12.0 Å². The summed E-state index contributed by atoms with van der Waals surface area (Å²) in [5.41, 5.74) is 5.97. The van der Waals surface area contributed by atoms with Gasteiger partial charge < -0.3 is 11.1 Å². The SMILES string of the molecule is CC1CCCC1CN=C(N)NC1CCCCC1. The van der Waals surface area contributed by atoms with Gasteiger partial charge in [0.15, 0.2) is 5.96 Å². The highest BCUT2D eigenvalue weighted by Gasteiger charge is 2.22. The Bertz CT molecular complexity index is 256. The van der Waals surface area contributed by atoms with Crippen molar-refractivity contribution in [2.45, 2.75) is 64.3 Å². The molecule has 0 spiro atoms. The Morgan fingerprint density at radius 2 is 1.88 bits per heavy atom. The predicted octanol–water partition coefficient (Wildman–Crippen LogP) is 2.66. The molecular weight excluding hydrogens is 210 g/mol. The highest BCUT2D eigenvalue weighted by molar-refractivity contribution is 5.78. The van der Waals surface area contributed by atoms with Crippen LogP contribution in [0.3, 0.4) is 0 Å². The zero-order valence-corrected chi connectivity index (χ0v) is 11.1. The van der Waals surface area contributed by atoms with Gasteiger partial charge >= 0.3 is 0 Å². The van der Waals surface area contributed by atoms with Gasteiger partial charge in [0.05, 0.1) is 0 Å². The Hall–Kier alpha value is -0.730. The molecule has 0 amide bonds. The topological polar surface area (TPSA) is 50.4 Å². The maximum atomic E-state index is 5.97. The molecule has 2 unspecified atom stereocenters. The molecule has 3 nitrogen and oxygen atoms in total. The summed E-state index contributed by atoms with van der Waals surface area (Å²) in [4.78, 5) is 4.53. The molecule has 0 bridgehead atoms. The fourth-order valence-electron chi connectivity index (χ4n) is 3.21. The molecule has 2 fully saturated rings. The standard InChI is InChI=1S/C14H27N3/c1-11-6-5-7-12(11)10-16-14(15)17-13-8-3-2-4-9-13/h11-13H,2-10H2,1H3,(H3,15,16,17). The van der Waals surface area contributed by atoms with Gasteiger partial charge in [-0.15, -0.1) is 0 Å². The highest BCUT2D eigenvalue weighted by Crippen LogP contribution is 2.31. The molecule has 0 heterocycles. The molecular formula is C14H27N3. The Kier molecular flexibility index (Phi) is 4.69. The summed E-state index contributed by atoms with van der Waals surface area (Å²) >= 11 is 0. The first-order valence-electron chi connectivity index (χ1n) is 7.32. The van der Waals surface area contributed by atoms with Crippen LogP contribution in [-0.2, 0) is 0 Å². The van der Waals surface area contributed by atoms with E-state index in [-0.39, 0.29) is 0 Å². The number of rotatable bonds is 3. The normalized spacial score (nSPS) is 31.7. The van der Waals surface area contributed by atoms with Gasteiger partial charge in [0.1, 0.15) is 0 Å². The number of hydrogen-bond acceptors (Lipinski definition) is 1. The smallest absolute Gasteiger partial charge is 0.188 e. The summed E-state index contributed by atoms with van der Waals surface area (Å²) in [7, 11) is 0. The molecule has 98 valence electrons. The van der Waals surface area contributed by atoms with E-state index in [4.69, 9.17) is 5.73 Å². The van der Waals surface area contributed by atoms with Crippen molar-refractivity contribution in [3.63, 3.8) is 0 Å². The van der Waals surface area contributed by atoms with Crippen LogP contribution in [0.25, 0.3) is 0 Å². The molecule has 2 atom stereocenters. The second kappa shape index (κ2) is 6.27. The van der Waals surface area contributed by atoms with Gasteiger partial charge in [0.2, 0.25) is 0 Å². The average Bonchev–Trinajstić information content (AvgIpc) is 2.74. The molecule has 0 aromatic carbocycles. The minimum Gasteiger partial charge on any atom is -0.370 e. The molecule has 0 radical (unpaired) electrons. The number of nitrogens with two attached hydrogens (primary N) is 1. The van der Waals surface area contributed by atoms with Crippen LogP contribution in [0.2, 0.25) is 0 Å². The monoisotopic (exact) mass is 237 g/mol. The van der Waals surface area contributed by atoms with E-state index in [0.717, 1.165) is 18.4 Å². The van der Waals surface area contributed by atoms with Gasteiger partial charge in [-0.05, 0) is 31.1 Å². The summed E-state index contributed by atoms with van der Waals surface area (Å²) < 4.78 is 0. The molecule has 0 aliphatic heterocycles. The molecule has 2 aliphatic rings. The maximum absolute atomic E-state index is 5.97. The largest absolute Gasteiger partial charge is 0.370 e. The third-order valence-electron chi connectivity index (χ3n) is 4.49. The van der Waals surface area contributed by atoms with Crippen molar-refractivity contribution >= 4 is 5.96 Å². The Balaban J connectivity index is 1.72. The summed E-state index contributed by atoms with van der Waals surface area (Å²) in [5.74, 6) is 2.28. The minimum absolute atomic E-state index is 0.577. The van der Waals surface area contributed by atoms with Gasteiger partial charge in [-0.2, -0.15) is 0 Å². The molecule has 3 N–H and O–H groups in total. The van der Waals surface area contributed by atoms with E-state index in [1.807, 2.05) is 0 Å². The van der Waals surface area contributed by atoms with Gasteiger partial charge in [-0.1, -0.05) is 39.0 Å². The molecule has 17 heavy (non-hydrogen) atoms. The van der Waals surface area contributed by atoms with Crippen molar-refractivity contribution in [3.05, 3.63) is 0 Å². The lowest BCUT2D eigenvalue weighted by atomic mass is 9.96. The summed E-state index contributed by atoms with van der Waals surface area (Å²) in [6, 6.07) is 0.577. The maximum Gasteiger partial charge on any atom is 0.188 e. The number of guanidine groups is 1. The van der Waals surface area contributed by atoms with Crippen LogP contribution < -0.4 is 11.1 Å². The first-order valence-corrected chi connectivity index (χ1v) is 7.32. The number of aliphatic imine (C=N–C) groups is 1. The second-order valence-electron chi connectivity index (χ2n) is 5.87. The summed E-state index contributed by atoms with van der Waals surface area (Å²) in [5, 5.41) is 3.39. The molecule has 3 heteroatoms. The third-order valence-corrected chi connectivity index (χ3v) is 4.49. The van der Waals surface area contributed by atoms with Gasteiger partial charge in [-0.3, -0.25) is 4.99 Å².